The van der Waals surface area contributed by atoms with Gasteiger partial charge in [-0.15, -0.1) is 0 Å². The van der Waals surface area contributed by atoms with Crippen LogP contribution in [-0.2, 0) is 22.6 Å². The molecule has 1 unspecified atom stereocenters. The highest BCUT2D eigenvalue weighted by molar-refractivity contribution is 5.76. The van der Waals surface area contributed by atoms with Crippen molar-refractivity contribution in [3.05, 3.63) is 56.7 Å². The number of nitrogens with one attached hydrogen (secondary N) is 1. The predicted octanol–water partition coefficient (Wildman–Crippen LogP) is 1.11. The van der Waals surface area contributed by atoms with Gasteiger partial charge in [-0.25, -0.2) is 9.36 Å². The van der Waals surface area contributed by atoms with Crippen molar-refractivity contribution >= 4 is 17.4 Å². The Morgan fingerprint density at radius 2 is 1.84 bits per heavy atom. The Morgan fingerprint density at radius 1 is 1.16 bits per heavy atom. The van der Waals surface area contributed by atoms with E-state index in [1.165, 1.54) is 4.57 Å². The average Bonchev–Trinajstić information content (AvgIpc) is 2.78. The van der Waals surface area contributed by atoms with E-state index in [0.29, 0.717) is 32.8 Å². The van der Waals surface area contributed by atoms with Gasteiger partial charge in [0.15, 0.2) is 0 Å². The first-order valence-corrected chi connectivity index (χ1v) is 10.7. The third-order valence-corrected chi connectivity index (χ3v) is 5.48. The summed E-state index contributed by atoms with van der Waals surface area (Å²) in [5.41, 5.74) is 6.38. The molecule has 2 heterocycles. The van der Waals surface area contributed by atoms with Gasteiger partial charge < -0.3 is 20.7 Å². The average molecular weight is 430 g/mol. The van der Waals surface area contributed by atoms with E-state index in [4.69, 9.17) is 10.5 Å². The smallest absolute Gasteiger partial charge is 0.333 e. The number of amides is 1. The molecular formula is C22H31N5O4. The van der Waals surface area contributed by atoms with Gasteiger partial charge in [0.05, 0.1) is 19.3 Å². The number of hydrogen-bond donors (Lipinski definition) is 2. The molecule has 0 saturated carbocycles. The van der Waals surface area contributed by atoms with Crippen molar-refractivity contribution < 1.29 is 9.53 Å². The summed E-state index contributed by atoms with van der Waals surface area (Å²) in [6.45, 7) is 5.85. The maximum atomic E-state index is 13.2. The van der Waals surface area contributed by atoms with Gasteiger partial charge in [-0.2, -0.15) is 0 Å². The lowest BCUT2D eigenvalue weighted by Gasteiger charge is -2.30. The molecule has 1 aromatic carbocycles. The molecular weight excluding hydrogens is 398 g/mol. The number of nitrogen functional groups attached to an aromatic ring is 1. The van der Waals surface area contributed by atoms with E-state index >= 15 is 0 Å². The number of morpholine rings is 1. The Labute approximate surface area is 181 Å². The zero-order valence-corrected chi connectivity index (χ0v) is 18.2. The molecule has 1 amide bonds. The number of rotatable bonds is 8. The number of benzene rings is 1. The lowest BCUT2D eigenvalue weighted by atomic mass is 10.1. The number of unbranched alkanes of at least 4 members (excludes halogenated alkanes) is 1. The number of carbonyl (C=O) groups is 1. The second-order valence-electron chi connectivity index (χ2n) is 7.71. The molecule has 1 aliphatic rings. The number of anilines is 2. The van der Waals surface area contributed by atoms with Gasteiger partial charge in [0, 0.05) is 19.6 Å². The summed E-state index contributed by atoms with van der Waals surface area (Å²) in [6, 6.07) is 9.26. The lowest BCUT2D eigenvalue weighted by Crippen LogP contribution is -2.49. The first-order valence-electron chi connectivity index (χ1n) is 10.7. The molecule has 3 rings (SSSR count). The summed E-state index contributed by atoms with van der Waals surface area (Å²) < 4.78 is 7.77. The maximum absolute atomic E-state index is 13.2. The molecule has 9 heteroatoms. The molecule has 1 fully saturated rings. The van der Waals surface area contributed by atoms with Gasteiger partial charge in [-0.05, 0) is 18.9 Å². The quantitative estimate of drug-likeness (QED) is 0.650. The van der Waals surface area contributed by atoms with Gasteiger partial charge in [-0.3, -0.25) is 14.2 Å². The van der Waals surface area contributed by atoms with E-state index in [1.54, 1.807) is 0 Å². The van der Waals surface area contributed by atoms with Crippen LogP contribution in [0.4, 0.5) is 11.5 Å². The van der Waals surface area contributed by atoms with Gasteiger partial charge in [0.1, 0.15) is 18.1 Å². The third kappa shape index (κ3) is 5.16. The molecule has 1 aromatic heterocycles. The van der Waals surface area contributed by atoms with Crippen molar-refractivity contribution in [2.45, 2.75) is 45.8 Å². The number of nitrogens with zero attached hydrogens (tertiary/aromatic N) is 3. The number of ether oxygens (including phenoxy) is 1. The number of aromatic nitrogens is 2. The summed E-state index contributed by atoms with van der Waals surface area (Å²) in [5.74, 6) is -0.255. The Kier molecular flexibility index (Phi) is 7.51. The van der Waals surface area contributed by atoms with Gasteiger partial charge in [0.25, 0.3) is 5.56 Å². The number of nitrogens with two attached hydrogens (primary N) is 1. The Balaban J connectivity index is 1.93. The van der Waals surface area contributed by atoms with E-state index < -0.39 is 17.2 Å². The van der Waals surface area contributed by atoms with Crippen LogP contribution < -0.4 is 27.2 Å². The number of hydrogen-bond acceptors (Lipinski definition) is 6. The van der Waals surface area contributed by atoms with E-state index in [1.807, 2.05) is 49.1 Å². The molecule has 168 valence electrons. The SMILES string of the molecule is CCCCn1c(N)c(N2CCOCC2)c(=O)n(CC(=O)NC(C)c2ccccc2)c1=O. The summed E-state index contributed by atoms with van der Waals surface area (Å²) >= 11 is 0. The van der Waals surface area contributed by atoms with Crippen LogP contribution in [0.1, 0.15) is 38.3 Å². The number of carbonyl (C=O) groups excluding carboxylic acids is 1. The Bertz CT molecular complexity index is 1010. The van der Waals surface area contributed by atoms with Gasteiger partial charge in [0.2, 0.25) is 5.91 Å². The fourth-order valence-corrected chi connectivity index (χ4v) is 3.71. The van der Waals surface area contributed by atoms with Crippen LogP contribution in [0.2, 0.25) is 0 Å². The minimum absolute atomic E-state index is 0.152. The zero-order chi connectivity index (χ0) is 22.4. The molecule has 0 spiro atoms. The second kappa shape index (κ2) is 10.3. The standard InChI is InChI=1S/C22H31N5O4/c1-3-4-10-26-20(23)19(25-11-13-31-14-12-25)21(29)27(22(26)30)15-18(28)24-16(2)17-8-6-5-7-9-17/h5-9,16H,3-4,10-15,23H2,1-2H3,(H,24,28). The van der Waals surface area contributed by atoms with Crippen LogP contribution in [0.25, 0.3) is 0 Å². The Hall–Kier alpha value is -3.07. The fourth-order valence-electron chi connectivity index (χ4n) is 3.71. The largest absolute Gasteiger partial charge is 0.383 e. The first-order chi connectivity index (χ1) is 14.9. The van der Waals surface area contributed by atoms with E-state index in [0.717, 1.165) is 23.0 Å². The van der Waals surface area contributed by atoms with Crippen LogP contribution in [0.3, 0.4) is 0 Å². The van der Waals surface area contributed by atoms with Crippen molar-refractivity contribution in [1.82, 2.24) is 14.5 Å². The van der Waals surface area contributed by atoms with Crippen LogP contribution in [0, 0.1) is 0 Å². The molecule has 31 heavy (non-hydrogen) atoms. The molecule has 0 aliphatic carbocycles. The third-order valence-electron chi connectivity index (χ3n) is 5.48. The maximum Gasteiger partial charge on any atom is 0.333 e. The van der Waals surface area contributed by atoms with E-state index in [-0.39, 0.29) is 24.1 Å². The molecule has 1 atom stereocenters. The monoisotopic (exact) mass is 429 g/mol. The van der Waals surface area contributed by atoms with Crippen molar-refractivity contribution in [3.8, 4) is 0 Å². The molecule has 0 radical (unpaired) electrons. The van der Waals surface area contributed by atoms with Crippen molar-refractivity contribution in [2.24, 2.45) is 0 Å². The van der Waals surface area contributed by atoms with E-state index in [9.17, 15) is 14.4 Å². The van der Waals surface area contributed by atoms with Crippen molar-refractivity contribution in [2.75, 3.05) is 36.9 Å². The molecule has 9 nitrogen and oxygen atoms in total. The molecule has 1 aliphatic heterocycles. The molecule has 2 aromatic rings. The highest BCUT2D eigenvalue weighted by Crippen LogP contribution is 2.19. The first kappa shape index (κ1) is 22.6. The van der Waals surface area contributed by atoms with Crippen LogP contribution >= 0.6 is 0 Å². The van der Waals surface area contributed by atoms with Crippen molar-refractivity contribution in [1.29, 1.82) is 0 Å². The van der Waals surface area contributed by atoms with Crippen LogP contribution in [0.5, 0.6) is 0 Å². The predicted molar refractivity (Wildman–Crippen MR) is 120 cm³/mol. The summed E-state index contributed by atoms with van der Waals surface area (Å²) in [6.07, 6.45) is 1.61. The molecule has 1 saturated heterocycles. The molecule has 3 N–H and O–H groups in total. The lowest BCUT2D eigenvalue weighted by molar-refractivity contribution is -0.122. The molecule has 0 bridgehead atoms. The Morgan fingerprint density at radius 3 is 2.48 bits per heavy atom. The zero-order valence-electron chi connectivity index (χ0n) is 18.2. The fraction of sp³-hybridized carbons (Fsp3) is 0.500. The normalized spacial score (nSPS) is 15.0. The summed E-state index contributed by atoms with van der Waals surface area (Å²) in [4.78, 5) is 40.9. The highest BCUT2D eigenvalue weighted by atomic mass is 16.5. The summed E-state index contributed by atoms with van der Waals surface area (Å²) in [5, 5.41) is 2.86. The minimum Gasteiger partial charge on any atom is -0.383 e. The van der Waals surface area contributed by atoms with Gasteiger partial charge in [-0.1, -0.05) is 43.7 Å². The second-order valence-corrected chi connectivity index (χ2v) is 7.71. The van der Waals surface area contributed by atoms with Crippen molar-refractivity contribution in [3.63, 3.8) is 0 Å². The van der Waals surface area contributed by atoms with Crippen LogP contribution in [0.15, 0.2) is 39.9 Å². The highest BCUT2D eigenvalue weighted by Gasteiger charge is 2.24. The van der Waals surface area contributed by atoms with E-state index in [2.05, 4.69) is 5.32 Å². The topological polar surface area (TPSA) is 112 Å². The van der Waals surface area contributed by atoms with Gasteiger partial charge >= 0.3 is 5.69 Å². The van der Waals surface area contributed by atoms with Crippen LogP contribution in [-0.4, -0.2) is 41.3 Å². The minimum atomic E-state index is -0.560. The summed E-state index contributed by atoms with van der Waals surface area (Å²) in [7, 11) is 0.